The van der Waals surface area contributed by atoms with Crippen LogP contribution in [0.2, 0.25) is 0 Å². The third kappa shape index (κ3) is 1.88. The molecule has 2 heteroatoms. The molecule has 2 atom stereocenters. The Bertz CT molecular complexity index is 470. The SMILES string of the molecule is COc1cccc(CNC23CC4CC(CC2C4)C3)c1. The van der Waals surface area contributed by atoms with Crippen molar-refractivity contribution in [3.63, 3.8) is 0 Å². The maximum absolute atomic E-state index is 5.31. The molecule has 0 radical (unpaired) electrons. The minimum absolute atomic E-state index is 0.483. The first-order valence-electron chi connectivity index (χ1n) is 7.65. The lowest BCUT2D eigenvalue weighted by atomic mass is 9.80. The molecule has 2 nitrogen and oxygen atoms in total. The molecule has 0 amide bonds. The fourth-order valence-corrected chi connectivity index (χ4v) is 5.15. The Morgan fingerprint density at radius 2 is 2.00 bits per heavy atom. The molecule has 1 N–H and O–H groups in total. The predicted octanol–water partition coefficient (Wildman–Crippen LogP) is 3.36. The molecule has 4 saturated carbocycles. The van der Waals surface area contributed by atoms with E-state index in [9.17, 15) is 0 Å². The molecule has 102 valence electrons. The third-order valence-corrected chi connectivity index (χ3v) is 5.77. The lowest BCUT2D eigenvalue weighted by Gasteiger charge is -2.34. The fraction of sp³-hybridized carbons (Fsp3) is 0.647. The second-order valence-corrected chi connectivity index (χ2v) is 6.91. The standard InChI is InChI=1S/C17H23NO/c1-19-16-4-2-3-12(8-16)11-18-17-9-13-5-14(10-17)7-15(17)6-13/h2-4,8,13-15,18H,5-7,9-11H2,1H3. The van der Waals surface area contributed by atoms with Crippen molar-refractivity contribution in [3.8, 4) is 5.75 Å². The summed E-state index contributed by atoms with van der Waals surface area (Å²) in [5.41, 5.74) is 1.83. The molecule has 4 bridgehead atoms. The highest BCUT2D eigenvalue weighted by atomic mass is 16.5. The molecule has 19 heavy (non-hydrogen) atoms. The molecular formula is C17H23NO. The van der Waals surface area contributed by atoms with E-state index in [0.29, 0.717) is 5.54 Å². The average Bonchev–Trinajstić information content (AvgIpc) is 2.82. The van der Waals surface area contributed by atoms with Gasteiger partial charge in [0.15, 0.2) is 0 Å². The number of hydrogen-bond acceptors (Lipinski definition) is 2. The maximum Gasteiger partial charge on any atom is 0.119 e. The van der Waals surface area contributed by atoms with Gasteiger partial charge in [0.2, 0.25) is 0 Å². The minimum atomic E-state index is 0.483. The summed E-state index contributed by atoms with van der Waals surface area (Å²) in [6.45, 7) is 0.993. The van der Waals surface area contributed by atoms with E-state index in [-0.39, 0.29) is 0 Å². The second kappa shape index (κ2) is 4.24. The monoisotopic (exact) mass is 257 g/mol. The molecular weight excluding hydrogens is 234 g/mol. The zero-order chi connectivity index (χ0) is 12.9. The lowest BCUT2D eigenvalue weighted by Crippen LogP contribution is -2.45. The second-order valence-electron chi connectivity index (χ2n) is 6.91. The zero-order valence-corrected chi connectivity index (χ0v) is 11.7. The molecule has 0 aliphatic heterocycles. The van der Waals surface area contributed by atoms with Crippen molar-refractivity contribution < 1.29 is 4.74 Å². The number of benzene rings is 1. The summed E-state index contributed by atoms with van der Waals surface area (Å²) >= 11 is 0. The molecule has 0 aromatic heterocycles. The molecule has 1 aromatic rings. The van der Waals surface area contributed by atoms with E-state index in [2.05, 4.69) is 23.5 Å². The topological polar surface area (TPSA) is 21.3 Å². The lowest BCUT2D eigenvalue weighted by molar-refractivity contribution is 0.233. The Morgan fingerprint density at radius 3 is 2.74 bits per heavy atom. The largest absolute Gasteiger partial charge is 0.497 e. The first-order valence-corrected chi connectivity index (χ1v) is 7.65. The fourth-order valence-electron chi connectivity index (χ4n) is 5.15. The Labute approximate surface area is 115 Å². The number of rotatable bonds is 4. The van der Waals surface area contributed by atoms with Crippen molar-refractivity contribution in [1.82, 2.24) is 5.32 Å². The highest BCUT2D eigenvalue weighted by Crippen LogP contribution is 2.60. The van der Waals surface area contributed by atoms with E-state index in [0.717, 1.165) is 30.0 Å². The van der Waals surface area contributed by atoms with Crippen molar-refractivity contribution >= 4 is 0 Å². The highest BCUT2D eigenvalue weighted by molar-refractivity contribution is 5.28. The van der Waals surface area contributed by atoms with Gasteiger partial charge in [0.05, 0.1) is 7.11 Å². The molecule has 2 unspecified atom stereocenters. The molecule has 1 aromatic carbocycles. The van der Waals surface area contributed by atoms with Crippen LogP contribution in [0.3, 0.4) is 0 Å². The van der Waals surface area contributed by atoms with Crippen molar-refractivity contribution in [1.29, 1.82) is 0 Å². The van der Waals surface area contributed by atoms with E-state index in [1.165, 1.54) is 37.7 Å². The van der Waals surface area contributed by atoms with E-state index < -0.39 is 0 Å². The van der Waals surface area contributed by atoms with Crippen molar-refractivity contribution in [2.24, 2.45) is 17.8 Å². The van der Waals surface area contributed by atoms with Gasteiger partial charge in [-0.25, -0.2) is 0 Å². The summed E-state index contributed by atoms with van der Waals surface area (Å²) in [6.07, 6.45) is 7.35. The molecule has 0 saturated heterocycles. The average molecular weight is 257 g/mol. The van der Waals surface area contributed by atoms with Gasteiger partial charge in [-0.05, 0) is 67.6 Å². The van der Waals surface area contributed by atoms with Gasteiger partial charge in [-0.2, -0.15) is 0 Å². The minimum Gasteiger partial charge on any atom is -0.497 e. The third-order valence-electron chi connectivity index (χ3n) is 5.77. The predicted molar refractivity (Wildman–Crippen MR) is 76.1 cm³/mol. The molecule has 4 aliphatic rings. The van der Waals surface area contributed by atoms with E-state index in [4.69, 9.17) is 4.74 Å². The number of methoxy groups -OCH3 is 1. The Hall–Kier alpha value is -1.02. The van der Waals surface area contributed by atoms with Gasteiger partial charge in [-0.15, -0.1) is 0 Å². The Kier molecular flexibility index (Phi) is 2.63. The highest BCUT2D eigenvalue weighted by Gasteiger charge is 2.57. The number of ether oxygens (including phenoxy) is 1. The van der Waals surface area contributed by atoms with Gasteiger partial charge in [0, 0.05) is 12.1 Å². The van der Waals surface area contributed by atoms with Crippen LogP contribution in [0.15, 0.2) is 24.3 Å². The van der Waals surface area contributed by atoms with Crippen molar-refractivity contribution in [2.75, 3.05) is 7.11 Å². The van der Waals surface area contributed by atoms with E-state index >= 15 is 0 Å². The Balaban J connectivity index is 1.47. The van der Waals surface area contributed by atoms with Crippen LogP contribution < -0.4 is 10.1 Å². The summed E-state index contributed by atoms with van der Waals surface area (Å²) in [4.78, 5) is 0. The molecule has 0 heterocycles. The summed E-state index contributed by atoms with van der Waals surface area (Å²) in [7, 11) is 1.74. The number of hydrogen-bond donors (Lipinski definition) is 1. The molecule has 4 fully saturated rings. The van der Waals surface area contributed by atoms with Crippen LogP contribution in [0.5, 0.6) is 5.75 Å². The zero-order valence-electron chi connectivity index (χ0n) is 11.7. The van der Waals surface area contributed by atoms with Crippen LogP contribution in [0, 0.1) is 17.8 Å². The Morgan fingerprint density at radius 1 is 1.21 bits per heavy atom. The summed E-state index contributed by atoms with van der Waals surface area (Å²) in [6, 6.07) is 8.46. The van der Waals surface area contributed by atoms with Gasteiger partial charge in [-0.1, -0.05) is 12.1 Å². The van der Waals surface area contributed by atoms with Crippen LogP contribution in [0.25, 0.3) is 0 Å². The van der Waals surface area contributed by atoms with Crippen LogP contribution in [-0.4, -0.2) is 12.6 Å². The first kappa shape index (κ1) is 11.8. The quantitative estimate of drug-likeness (QED) is 0.893. The van der Waals surface area contributed by atoms with Gasteiger partial charge in [0.1, 0.15) is 5.75 Å². The smallest absolute Gasteiger partial charge is 0.119 e. The molecule has 0 spiro atoms. The van der Waals surface area contributed by atoms with Crippen molar-refractivity contribution in [3.05, 3.63) is 29.8 Å². The van der Waals surface area contributed by atoms with Crippen LogP contribution >= 0.6 is 0 Å². The van der Waals surface area contributed by atoms with E-state index in [1.807, 2.05) is 6.07 Å². The van der Waals surface area contributed by atoms with Gasteiger partial charge in [-0.3, -0.25) is 0 Å². The van der Waals surface area contributed by atoms with Crippen LogP contribution in [-0.2, 0) is 6.54 Å². The number of nitrogens with one attached hydrogen (secondary N) is 1. The van der Waals surface area contributed by atoms with Gasteiger partial charge < -0.3 is 10.1 Å². The van der Waals surface area contributed by atoms with Crippen LogP contribution in [0.4, 0.5) is 0 Å². The van der Waals surface area contributed by atoms with Gasteiger partial charge >= 0.3 is 0 Å². The van der Waals surface area contributed by atoms with Gasteiger partial charge in [0.25, 0.3) is 0 Å². The first-order chi connectivity index (χ1) is 9.27. The normalized spacial score (nSPS) is 38.9. The summed E-state index contributed by atoms with van der Waals surface area (Å²) in [5.74, 6) is 3.97. The summed E-state index contributed by atoms with van der Waals surface area (Å²) < 4.78 is 5.31. The molecule has 5 rings (SSSR count). The van der Waals surface area contributed by atoms with E-state index in [1.54, 1.807) is 7.11 Å². The maximum atomic E-state index is 5.31. The summed E-state index contributed by atoms with van der Waals surface area (Å²) in [5, 5.41) is 3.93. The van der Waals surface area contributed by atoms with Crippen molar-refractivity contribution in [2.45, 2.75) is 44.2 Å². The van der Waals surface area contributed by atoms with Crippen LogP contribution in [0.1, 0.15) is 37.7 Å². The molecule has 4 aliphatic carbocycles.